The Morgan fingerprint density at radius 3 is 2.67 bits per heavy atom. The summed E-state index contributed by atoms with van der Waals surface area (Å²) in [6, 6.07) is 12.9. The summed E-state index contributed by atoms with van der Waals surface area (Å²) in [4.78, 5) is 0. The second-order valence-electron chi connectivity index (χ2n) is 5.29. The van der Waals surface area contributed by atoms with Gasteiger partial charge in [-0.2, -0.15) is 0 Å². The maximum atomic E-state index is 13.4. The molecule has 0 fully saturated rings. The first-order valence-corrected chi connectivity index (χ1v) is 7.72. The van der Waals surface area contributed by atoms with E-state index in [1.54, 1.807) is 12.1 Å². The molecule has 0 spiro atoms. The zero-order valence-corrected chi connectivity index (χ0v) is 13.3. The summed E-state index contributed by atoms with van der Waals surface area (Å²) in [6.07, 6.45) is 1.80. The fourth-order valence-electron chi connectivity index (χ4n) is 2.51. The molecule has 0 aliphatic rings. The van der Waals surface area contributed by atoms with E-state index in [4.69, 9.17) is 11.6 Å². The average molecular weight is 306 g/mol. The molecule has 1 atom stereocenters. The third-order valence-corrected chi connectivity index (χ3v) is 4.06. The molecule has 0 bridgehead atoms. The Labute approximate surface area is 131 Å². The number of nitrogens with one attached hydrogen (secondary N) is 1. The van der Waals surface area contributed by atoms with E-state index in [0.29, 0.717) is 0 Å². The highest BCUT2D eigenvalue weighted by atomic mass is 35.5. The van der Waals surface area contributed by atoms with Crippen LogP contribution in [0, 0.1) is 12.7 Å². The molecule has 112 valence electrons. The molecule has 1 nitrogen and oxygen atoms in total. The van der Waals surface area contributed by atoms with Gasteiger partial charge in [-0.25, -0.2) is 4.39 Å². The molecule has 0 saturated carbocycles. The normalized spacial score (nSPS) is 12.4. The van der Waals surface area contributed by atoms with Gasteiger partial charge in [-0.1, -0.05) is 42.8 Å². The average Bonchev–Trinajstić information content (AvgIpc) is 2.47. The van der Waals surface area contributed by atoms with Crippen LogP contribution in [0.25, 0.3) is 0 Å². The second kappa shape index (κ2) is 7.58. The number of hydrogen-bond donors (Lipinski definition) is 1. The van der Waals surface area contributed by atoms with Crippen LogP contribution >= 0.6 is 11.6 Å². The van der Waals surface area contributed by atoms with Crippen LogP contribution in [0.4, 0.5) is 4.39 Å². The van der Waals surface area contributed by atoms with Crippen LogP contribution in [-0.2, 0) is 6.42 Å². The van der Waals surface area contributed by atoms with Gasteiger partial charge >= 0.3 is 0 Å². The Balaban J connectivity index is 2.27. The van der Waals surface area contributed by atoms with E-state index in [0.717, 1.165) is 35.5 Å². The molecule has 3 heteroatoms. The number of hydrogen-bond acceptors (Lipinski definition) is 1. The van der Waals surface area contributed by atoms with Crippen LogP contribution in [0.1, 0.15) is 36.1 Å². The predicted octanol–water partition coefficient (Wildman–Crippen LogP) is 5.07. The smallest absolute Gasteiger partial charge is 0.123 e. The van der Waals surface area contributed by atoms with Crippen LogP contribution in [0.5, 0.6) is 0 Å². The van der Waals surface area contributed by atoms with E-state index in [-0.39, 0.29) is 11.9 Å². The molecule has 0 saturated heterocycles. The van der Waals surface area contributed by atoms with Crippen molar-refractivity contribution in [3.8, 4) is 0 Å². The van der Waals surface area contributed by atoms with Crippen molar-refractivity contribution in [3.05, 3.63) is 70.0 Å². The predicted molar refractivity (Wildman–Crippen MR) is 87.3 cm³/mol. The highest BCUT2D eigenvalue weighted by Gasteiger charge is 2.15. The first-order chi connectivity index (χ1) is 10.1. The SMILES string of the molecule is CCCNC(Cc1cccc(F)c1)c1cccc(Cl)c1C. The molecule has 1 N–H and O–H groups in total. The maximum absolute atomic E-state index is 13.4. The minimum atomic E-state index is -0.190. The molecule has 0 aromatic heterocycles. The standard InChI is InChI=1S/C18H21ClFN/c1-3-10-21-18(12-14-6-4-7-15(20)11-14)16-8-5-9-17(19)13(16)2/h4-9,11,18,21H,3,10,12H2,1-2H3. The summed E-state index contributed by atoms with van der Waals surface area (Å²) in [7, 11) is 0. The van der Waals surface area contributed by atoms with Crippen molar-refractivity contribution in [1.82, 2.24) is 5.32 Å². The van der Waals surface area contributed by atoms with Gasteiger partial charge in [0.05, 0.1) is 0 Å². The summed E-state index contributed by atoms with van der Waals surface area (Å²) in [5.41, 5.74) is 3.26. The van der Waals surface area contributed by atoms with Crippen LogP contribution in [0.15, 0.2) is 42.5 Å². The third kappa shape index (κ3) is 4.29. The van der Waals surface area contributed by atoms with E-state index >= 15 is 0 Å². The highest BCUT2D eigenvalue weighted by molar-refractivity contribution is 6.31. The van der Waals surface area contributed by atoms with Crippen molar-refractivity contribution in [2.75, 3.05) is 6.54 Å². The van der Waals surface area contributed by atoms with Crippen molar-refractivity contribution in [2.24, 2.45) is 0 Å². The van der Waals surface area contributed by atoms with Gasteiger partial charge in [-0.15, -0.1) is 0 Å². The molecule has 1 unspecified atom stereocenters. The Morgan fingerprint density at radius 2 is 1.95 bits per heavy atom. The molecule has 0 aliphatic carbocycles. The van der Waals surface area contributed by atoms with E-state index in [1.165, 1.54) is 11.6 Å². The van der Waals surface area contributed by atoms with Crippen molar-refractivity contribution >= 4 is 11.6 Å². The van der Waals surface area contributed by atoms with Gasteiger partial charge < -0.3 is 5.32 Å². The summed E-state index contributed by atoms with van der Waals surface area (Å²) in [5.74, 6) is -0.190. The van der Waals surface area contributed by atoms with Crippen molar-refractivity contribution in [1.29, 1.82) is 0 Å². The topological polar surface area (TPSA) is 12.0 Å². The van der Waals surface area contributed by atoms with Gasteiger partial charge in [0, 0.05) is 11.1 Å². The van der Waals surface area contributed by atoms with Crippen LogP contribution in [0.2, 0.25) is 5.02 Å². The van der Waals surface area contributed by atoms with Gasteiger partial charge in [0.2, 0.25) is 0 Å². The Kier molecular flexibility index (Phi) is 5.77. The highest BCUT2D eigenvalue weighted by Crippen LogP contribution is 2.27. The minimum absolute atomic E-state index is 0.144. The van der Waals surface area contributed by atoms with Crippen LogP contribution in [0.3, 0.4) is 0 Å². The van der Waals surface area contributed by atoms with E-state index in [9.17, 15) is 4.39 Å². The lowest BCUT2D eigenvalue weighted by Gasteiger charge is -2.21. The van der Waals surface area contributed by atoms with Gasteiger partial charge in [0.15, 0.2) is 0 Å². The van der Waals surface area contributed by atoms with Crippen LogP contribution in [-0.4, -0.2) is 6.54 Å². The summed E-state index contributed by atoms with van der Waals surface area (Å²) >= 11 is 6.23. The summed E-state index contributed by atoms with van der Waals surface area (Å²) in [5, 5.41) is 4.31. The van der Waals surface area contributed by atoms with Crippen molar-refractivity contribution in [2.45, 2.75) is 32.7 Å². The summed E-state index contributed by atoms with van der Waals surface area (Å²) in [6.45, 7) is 5.09. The molecule has 0 heterocycles. The Hall–Kier alpha value is -1.38. The first kappa shape index (κ1) is 16.0. The molecular weight excluding hydrogens is 285 g/mol. The minimum Gasteiger partial charge on any atom is -0.310 e. The second-order valence-corrected chi connectivity index (χ2v) is 5.70. The third-order valence-electron chi connectivity index (χ3n) is 3.65. The van der Waals surface area contributed by atoms with E-state index < -0.39 is 0 Å². The molecule has 0 aliphatic heterocycles. The van der Waals surface area contributed by atoms with Gasteiger partial charge in [-0.3, -0.25) is 0 Å². The molecule has 2 aromatic carbocycles. The monoisotopic (exact) mass is 305 g/mol. The fourth-order valence-corrected chi connectivity index (χ4v) is 2.69. The molecule has 0 amide bonds. The van der Waals surface area contributed by atoms with E-state index in [2.05, 4.69) is 18.3 Å². The lowest BCUT2D eigenvalue weighted by atomic mass is 9.95. The fraction of sp³-hybridized carbons (Fsp3) is 0.333. The van der Waals surface area contributed by atoms with Crippen molar-refractivity contribution in [3.63, 3.8) is 0 Å². The molecular formula is C18H21ClFN. The Bertz CT molecular complexity index is 598. The van der Waals surface area contributed by atoms with Gasteiger partial charge in [0.1, 0.15) is 5.82 Å². The quantitative estimate of drug-likeness (QED) is 0.785. The number of rotatable bonds is 6. The van der Waals surface area contributed by atoms with Crippen LogP contribution < -0.4 is 5.32 Å². The number of halogens is 2. The summed E-state index contributed by atoms with van der Waals surface area (Å²) < 4.78 is 13.4. The first-order valence-electron chi connectivity index (χ1n) is 7.34. The molecule has 2 aromatic rings. The lowest BCUT2D eigenvalue weighted by Crippen LogP contribution is -2.25. The largest absolute Gasteiger partial charge is 0.310 e. The van der Waals surface area contributed by atoms with Crippen molar-refractivity contribution < 1.29 is 4.39 Å². The Morgan fingerprint density at radius 1 is 1.19 bits per heavy atom. The molecule has 2 rings (SSSR count). The molecule has 21 heavy (non-hydrogen) atoms. The number of benzene rings is 2. The zero-order valence-electron chi connectivity index (χ0n) is 12.5. The molecule has 0 radical (unpaired) electrons. The van der Waals surface area contributed by atoms with E-state index in [1.807, 2.05) is 25.1 Å². The lowest BCUT2D eigenvalue weighted by molar-refractivity contribution is 0.525. The van der Waals surface area contributed by atoms with Gasteiger partial charge in [-0.05, 0) is 61.2 Å². The maximum Gasteiger partial charge on any atom is 0.123 e. The zero-order chi connectivity index (χ0) is 15.2. The van der Waals surface area contributed by atoms with Gasteiger partial charge in [0.25, 0.3) is 0 Å².